The largest absolute Gasteiger partial charge is 0.302 e. The molecule has 16 heavy (non-hydrogen) atoms. The third-order valence-electron chi connectivity index (χ3n) is 3.10. The van der Waals surface area contributed by atoms with Crippen LogP contribution in [-0.4, -0.2) is 29.6 Å². The molecule has 1 aliphatic rings. The Morgan fingerprint density at radius 2 is 1.94 bits per heavy atom. The van der Waals surface area contributed by atoms with Gasteiger partial charge in [-0.2, -0.15) is 0 Å². The molecule has 3 heteroatoms. The van der Waals surface area contributed by atoms with Crippen LogP contribution in [0.5, 0.6) is 0 Å². The molecule has 0 N–H and O–H groups in total. The van der Waals surface area contributed by atoms with E-state index >= 15 is 0 Å². The van der Waals surface area contributed by atoms with Crippen LogP contribution in [-0.2, 0) is 0 Å². The van der Waals surface area contributed by atoms with E-state index in [-0.39, 0.29) is 5.12 Å². The van der Waals surface area contributed by atoms with Gasteiger partial charge in [0.25, 0.3) is 0 Å². The fourth-order valence-electron chi connectivity index (χ4n) is 2.07. The van der Waals surface area contributed by atoms with E-state index < -0.39 is 0 Å². The summed E-state index contributed by atoms with van der Waals surface area (Å²) in [4.78, 5) is 14.1. The average molecular weight is 235 g/mol. The third-order valence-corrected chi connectivity index (χ3v) is 4.22. The quantitative estimate of drug-likeness (QED) is 0.800. The first-order valence-corrected chi connectivity index (χ1v) is 6.66. The summed E-state index contributed by atoms with van der Waals surface area (Å²) in [6.45, 7) is 7.39. The number of nitrogens with zero attached hydrogens (tertiary/aromatic N) is 1. The number of hydrogen-bond donors (Lipinski definition) is 0. The molecule has 0 aliphatic carbocycles. The maximum atomic E-state index is 11.8. The van der Waals surface area contributed by atoms with E-state index in [4.69, 9.17) is 0 Å². The first kappa shape index (κ1) is 11.7. The molecule has 0 saturated heterocycles. The summed E-state index contributed by atoms with van der Waals surface area (Å²) in [5.74, 6) is 0. The summed E-state index contributed by atoms with van der Waals surface area (Å²) in [6, 6.07) is 7.98. The van der Waals surface area contributed by atoms with E-state index in [0.717, 1.165) is 25.2 Å². The lowest BCUT2D eigenvalue weighted by molar-refractivity contribution is 0.109. The Hall–Kier alpha value is -0.800. The van der Waals surface area contributed by atoms with Gasteiger partial charge < -0.3 is 4.90 Å². The minimum absolute atomic E-state index is 0.229. The zero-order valence-electron chi connectivity index (χ0n) is 9.77. The summed E-state index contributed by atoms with van der Waals surface area (Å²) >= 11 is 1.47. The van der Waals surface area contributed by atoms with Crippen molar-refractivity contribution in [1.29, 1.82) is 0 Å². The highest BCUT2D eigenvalue weighted by Crippen LogP contribution is 2.41. The molecule has 0 aromatic heterocycles. The fourth-order valence-corrected chi connectivity index (χ4v) is 3.26. The Labute approximate surface area is 101 Å². The van der Waals surface area contributed by atoms with Crippen LogP contribution in [0.25, 0.3) is 0 Å². The van der Waals surface area contributed by atoms with Crippen LogP contribution in [0.3, 0.4) is 0 Å². The molecule has 0 amide bonds. The molecule has 2 nitrogen and oxygen atoms in total. The highest BCUT2D eigenvalue weighted by atomic mass is 32.2. The summed E-state index contributed by atoms with van der Waals surface area (Å²) in [7, 11) is 0. The van der Waals surface area contributed by atoms with Crippen LogP contribution < -0.4 is 0 Å². The molecular weight excluding hydrogens is 218 g/mol. The first-order valence-electron chi connectivity index (χ1n) is 5.78. The Morgan fingerprint density at radius 1 is 1.25 bits per heavy atom. The van der Waals surface area contributed by atoms with Gasteiger partial charge >= 0.3 is 0 Å². The van der Waals surface area contributed by atoms with Gasteiger partial charge in [0.15, 0.2) is 0 Å². The van der Waals surface area contributed by atoms with E-state index in [9.17, 15) is 4.79 Å². The van der Waals surface area contributed by atoms with Gasteiger partial charge in [-0.3, -0.25) is 4.79 Å². The summed E-state index contributed by atoms with van der Waals surface area (Å²) in [5.41, 5.74) is 2.12. The molecule has 1 unspecified atom stereocenters. The lowest BCUT2D eigenvalue weighted by Crippen LogP contribution is -2.26. The van der Waals surface area contributed by atoms with Crippen molar-refractivity contribution >= 4 is 16.9 Å². The standard InChI is InChI=1S/C13H17NOS/c1-3-14(4-2)9-12-10-7-5-6-8-11(10)13(15)16-12/h5-8,12H,3-4,9H2,1-2H3. The molecule has 1 aromatic rings. The smallest absolute Gasteiger partial charge is 0.220 e. The molecule has 1 atom stereocenters. The number of carbonyl (C=O) groups is 1. The Morgan fingerprint density at radius 3 is 2.62 bits per heavy atom. The molecule has 1 aliphatic heterocycles. The van der Waals surface area contributed by atoms with Gasteiger partial charge in [0.2, 0.25) is 5.12 Å². The fraction of sp³-hybridized carbons (Fsp3) is 0.462. The van der Waals surface area contributed by atoms with Crippen molar-refractivity contribution in [2.75, 3.05) is 19.6 Å². The van der Waals surface area contributed by atoms with Crippen molar-refractivity contribution < 1.29 is 4.79 Å². The Kier molecular flexibility index (Phi) is 3.66. The average Bonchev–Trinajstić information content (AvgIpc) is 2.64. The molecule has 2 rings (SSSR count). The SMILES string of the molecule is CCN(CC)CC1SC(=O)c2ccccc21. The van der Waals surface area contributed by atoms with E-state index in [1.165, 1.54) is 17.3 Å². The molecule has 1 aromatic carbocycles. The predicted octanol–water partition coefficient (Wildman–Crippen LogP) is 2.96. The molecule has 0 spiro atoms. The van der Waals surface area contributed by atoms with Gasteiger partial charge in [-0.05, 0) is 18.7 Å². The maximum absolute atomic E-state index is 11.8. The number of likely N-dealkylation sites (N-methyl/N-ethyl adjacent to an activating group) is 1. The Balaban J connectivity index is 2.17. The number of thioether (sulfide) groups is 1. The van der Waals surface area contributed by atoms with Crippen LogP contribution in [0, 0.1) is 0 Å². The topological polar surface area (TPSA) is 20.3 Å². The molecule has 86 valence electrons. The van der Waals surface area contributed by atoms with Crippen LogP contribution in [0.2, 0.25) is 0 Å². The van der Waals surface area contributed by atoms with Gasteiger partial charge in [0.05, 0.1) is 5.25 Å². The van der Waals surface area contributed by atoms with E-state index in [1.54, 1.807) is 0 Å². The monoisotopic (exact) mass is 235 g/mol. The molecule has 0 radical (unpaired) electrons. The molecule has 0 bridgehead atoms. The van der Waals surface area contributed by atoms with Crippen molar-refractivity contribution in [2.45, 2.75) is 19.1 Å². The van der Waals surface area contributed by atoms with Gasteiger partial charge in [0, 0.05) is 12.1 Å². The van der Waals surface area contributed by atoms with E-state index in [2.05, 4.69) is 24.8 Å². The summed E-state index contributed by atoms with van der Waals surface area (Å²) in [6.07, 6.45) is 0. The first-order chi connectivity index (χ1) is 7.76. The molecular formula is C13H17NOS. The van der Waals surface area contributed by atoms with Crippen molar-refractivity contribution in [1.82, 2.24) is 4.90 Å². The van der Waals surface area contributed by atoms with Gasteiger partial charge in [-0.1, -0.05) is 49.9 Å². The number of carbonyl (C=O) groups excluding carboxylic acids is 1. The highest BCUT2D eigenvalue weighted by Gasteiger charge is 2.30. The minimum Gasteiger partial charge on any atom is -0.302 e. The van der Waals surface area contributed by atoms with Crippen LogP contribution >= 0.6 is 11.8 Å². The second-order valence-corrected chi connectivity index (χ2v) is 5.14. The zero-order valence-corrected chi connectivity index (χ0v) is 10.6. The van der Waals surface area contributed by atoms with E-state index in [0.29, 0.717) is 5.25 Å². The molecule has 0 saturated carbocycles. The van der Waals surface area contributed by atoms with Crippen LogP contribution in [0.4, 0.5) is 0 Å². The minimum atomic E-state index is 0.229. The number of fused-ring (bicyclic) bond motifs is 1. The third kappa shape index (κ3) is 2.15. The number of benzene rings is 1. The second kappa shape index (κ2) is 5.02. The lowest BCUT2D eigenvalue weighted by Gasteiger charge is -2.21. The van der Waals surface area contributed by atoms with Crippen LogP contribution in [0.1, 0.15) is 35.0 Å². The molecule has 1 heterocycles. The molecule has 0 fully saturated rings. The van der Waals surface area contributed by atoms with Gasteiger partial charge in [-0.15, -0.1) is 0 Å². The van der Waals surface area contributed by atoms with Gasteiger partial charge in [0.1, 0.15) is 0 Å². The maximum Gasteiger partial charge on any atom is 0.220 e. The van der Waals surface area contributed by atoms with Crippen molar-refractivity contribution in [3.8, 4) is 0 Å². The number of rotatable bonds is 4. The second-order valence-electron chi connectivity index (χ2n) is 3.97. The highest BCUT2D eigenvalue weighted by molar-refractivity contribution is 8.14. The van der Waals surface area contributed by atoms with E-state index in [1.807, 2.05) is 18.2 Å². The lowest BCUT2D eigenvalue weighted by atomic mass is 10.1. The Bertz CT molecular complexity index is 387. The summed E-state index contributed by atoms with van der Waals surface area (Å²) < 4.78 is 0. The van der Waals surface area contributed by atoms with Gasteiger partial charge in [-0.25, -0.2) is 0 Å². The van der Waals surface area contributed by atoms with Crippen molar-refractivity contribution in [2.24, 2.45) is 0 Å². The normalized spacial score (nSPS) is 19.2. The van der Waals surface area contributed by atoms with Crippen LogP contribution in [0.15, 0.2) is 24.3 Å². The zero-order chi connectivity index (χ0) is 11.5. The predicted molar refractivity (Wildman–Crippen MR) is 68.9 cm³/mol. The van der Waals surface area contributed by atoms with Crippen molar-refractivity contribution in [3.05, 3.63) is 35.4 Å². The van der Waals surface area contributed by atoms with Crippen molar-refractivity contribution in [3.63, 3.8) is 0 Å². The number of hydrogen-bond acceptors (Lipinski definition) is 3. The summed E-state index contributed by atoms with van der Waals surface area (Å²) in [5, 5.41) is 0.552.